The molecule has 120 valence electrons. The molecular formula is C17H23ClN2O2. The first-order valence-electron chi connectivity index (χ1n) is 8.09. The van der Waals surface area contributed by atoms with E-state index in [4.69, 9.17) is 16.3 Å². The van der Waals surface area contributed by atoms with Gasteiger partial charge in [0.15, 0.2) is 0 Å². The number of halogens is 1. The molecule has 4 nitrogen and oxygen atoms in total. The minimum Gasteiger partial charge on any atom is -0.377 e. The molecule has 1 aliphatic heterocycles. The van der Waals surface area contributed by atoms with Crippen molar-refractivity contribution in [2.24, 2.45) is 5.92 Å². The van der Waals surface area contributed by atoms with Gasteiger partial charge in [-0.3, -0.25) is 4.79 Å². The van der Waals surface area contributed by atoms with Gasteiger partial charge in [0.25, 0.3) is 0 Å². The molecule has 2 fully saturated rings. The molecule has 2 N–H and O–H groups in total. The van der Waals surface area contributed by atoms with Crippen LogP contribution in [0, 0.1) is 5.92 Å². The van der Waals surface area contributed by atoms with E-state index in [1.165, 1.54) is 12.8 Å². The molecule has 2 atom stereocenters. The third-order valence-corrected chi connectivity index (χ3v) is 4.57. The van der Waals surface area contributed by atoms with E-state index in [2.05, 4.69) is 10.6 Å². The Morgan fingerprint density at radius 1 is 1.27 bits per heavy atom. The van der Waals surface area contributed by atoms with Gasteiger partial charge < -0.3 is 15.4 Å². The van der Waals surface area contributed by atoms with Gasteiger partial charge in [0.2, 0.25) is 5.91 Å². The molecule has 1 saturated heterocycles. The summed E-state index contributed by atoms with van der Waals surface area (Å²) in [6, 6.07) is 7.88. The third kappa shape index (κ3) is 4.45. The van der Waals surface area contributed by atoms with Crippen LogP contribution < -0.4 is 10.6 Å². The quantitative estimate of drug-likeness (QED) is 0.811. The van der Waals surface area contributed by atoms with Crippen molar-refractivity contribution in [3.05, 3.63) is 34.9 Å². The highest BCUT2D eigenvalue weighted by atomic mass is 35.5. The molecule has 2 unspecified atom stereocenters. The average molecular weight is 323 g/mol. The first-order chi connectivity index (χ1) is 10.7. The fourth-order valence-electron chi connectivity index (χ4n) is 2.95. The Balaban J connectivity index is 1.48. The van der Waals surface area contributed by atoms with Crippen molar-refractivity contribution in [2.75, 3.05) is 19.7 Å². The summed E-state index contributed by atoms with van der Waals surface area (Å²) in [6.07, 6.45) is 4.83. The van der Waals surface area contributed by atoms with Crippen molar-refractivity contribution < 1.29 is 9.53 Å². The number of benzene rings is 1. The Morgan fingerprint density at radius 3 is 2.68 bits per heavy atom. The van der Waals surface area contributed by atoms with E-state index in [1.807, 2.05) is 24.3 Å². The molecule has 0 spiro atoms. The van der Waals surface area contributed by atoms with E-state index in [0.29, 0.717) is 12.5 Å². The van der Waals surface area contributed by atoms with E-state index >= 15 is 0 Å². The molecule has 2 aliphatic rings. The van der Waals surface area contributed by atoms with Gasteiger partial charge in [-0.05, 0) is 49.3 Å². The number of nitrogens with one attached hydrogen (secondary N) is 2. The van der Waals surface area contributed by atoms with E-state index < -0.39 is 0 Å². The average Bonchev–Trinajstić information content (AvgIpc) is 3.23. The van der Waals surface area contributed by atoms with Gasteiger partial charge in [0, 0.05) is 18.2 Å². The summed E-state index contributed by atoms with van der Waals surface area (Å²) < 4.78 is 5.54. The number of hydrogen-bond acceptors (Lipinski definition) is 3. The number of carbonyl (C=O) groups is 1. The number of amides is 1. The van der Waals surface area contributed by atoms with Crippen LogP contribution in [0.15, 0.2) is 24.3 Å². The SMILES string of the molecule is O=C(CNCC1CCCO1)NC(c1ccc(Cl)cc1)C1CC1. The van der Waals surface area contributed by atoms with E-state index in [9.17, 15) is 4.79 Å². The lowest BCUT2D eigenvalue weighted by Gasteiger charge is -2.19. The summed E-state index contributed by atoms with van der Waals surface area (Å²) >= 11 is 5.94. The van der Waals surface area contributed by atoms with Crippen LogP contribution in [0.3, 0.4) is 0 Å². The monoisotopic (exact) mass is 322 g/mol. The third-order valence-electron chi connectivity index (χ3n) is 4.32. The van der Waals surface area contributed by atoms with Crippen molar-refractivity contribution in [2.45, 2.75) is 37.8 Å². The van der Waals surface area contributed by atoms with Gasteiger partial charge >= 0.3 is 0 Å². The van der Waals surface area contributed by atoms with Crippen LogP contribution in [0.1, 0.15) is 37.3 Å². The molecule has 0 radical (unpaired) electrons. The zero-order chi connectivity index (χ0) is 15.4. The maximum absolute atomic E-state index is 12.2. The standard InChI is InChI=1S/C17H23ClN2O2/c18-14-7-5-13(6-8-14)17(12-3-4-12)20-16(21)11-19-10-15-2-1-9-22-15/h5-8,12,15,17,19H,1-4,9-11H2,(H,20,21). The Kier molecular flexibility index (Phi) is 5.34. The number of rotatable bonds is 7. The summed E-state index contributed by atoms with van der Waals surface area (Å²) in [6.45, 7) is 1.94. The molecule has 3 rings (SSSR count). The molecule has 0 bridgehead atoms. The van der Waals surface area contributed by atoms with Crippen LogP contribution in [0.2, 0.25) is 5.02 Å². The van der Waals surface area contributed by atoms with E-state index in [1.54, 1.807) is 0 Å². The zero-order valence-corrected chi connectivity index (χ0v) is 13.4. The van der Waals surface area contributed by atoms with Crippen molar-refractivity contribution in [1.82, 2.24) is 10.6 Å². The van der Waals surface area contributed by atoms with Gasteiger partial charge in [-0.1, -0.05) is 23.7 Å². The topological polar surface area (TPSA) is 50.4 Å². The molecule has 22 heavy (non-hydrogen) atoms. The minimum atomic E-state index is 0.0462. The van der Waals surface area contributed by atoms with Crippen molar-refractivity contribution in [3.63, 3.8) is 0 Å². The summed E-state index contributed by atoms with van der Waals surface area (Å²) in [5, 5.41) is 7.07. The lowest BCUT2D eigenvalue weighted by Crippen LogP contribution is -2.39. The molecule has 0 aromatic heterocycles. The highest BCUT2D eigenvalue weighted by molar-refractivity contribution is 6.30. The van der Waals surface area contributed by atoms with Gasteiger partial charge in [-0.25, -0.2) is 0 Å². The predicted molar refractivity (Wildman–Crippen MR) is 86.9 cm³/mol. The highest BCUT2D eigenvalue weighted by Gasteiger charge is 2.33. The summed E-state index contributed by atoms with van der Waals surface area (Å²) in [4.78, 5) is 12.2. The Labute approximate surface area is 136 Å². The smallest absolute Gasteiger partial charge is 0.234 e. The van der Waals surface area contributed by atoms with Gasteiger partial charge in [-0.15, -0.1) is 0 Å². The lowest BCUT2D eigenvalue weighted by atomic mass is 10.0. The van der Waals surface area contributed by atoms with Crippen molar-refractivity contribution in [3.8, 4) is 0 Å². The molecule has 1 aliphatic carbocycles. The molecule has 1 heterocycles. The largest absolute Gasteiger partial charge is 0.377 e. The highest BCUT2D eigenvalue weighted by Crippen LogP contribution is 2.41. The summed E-state index contributed by atoms with van der Waals surface area (Å²) in [5.41, 5.74) is 1.14. The predicted octanol–water partition coefficient (Wildman–Crippen LogP) is 2.68. The van der Waals surface area contributed by atoms with Crippen molar-refractivity contribution in [1.29, 1.82) is 0 Å². The van der Waals surface area contributed by atoms with Crippen LogP contribution in [0.25, 0.3) is 0 Å². The zero-order valence-electron chi connectivity index (χ0n) is 12.7. The second-order valence-electron chi connectivity index (χ2n) is 6.20. The minimum absolute atomic E-state index is 0.0462. The van der Waals surface area contributed by atoms with Crippen LogP contribution in [0.4, 0.5) is 0 Å². The second kappa shape index (κ2) is 7.44. The summed E-state index contributed by atoms with van der Waals surface area (Å²) in [5.74, 6) is 0.605. The van der Waals surface area contributed by atoms with Crippen molar-refractivity contribution >= 4 is 17.5 Å². The van der Waals surface area contributed by atoms with Crippen LogP contribution in [0.5, 0.6) is 0 Å². The van der Waals surface area contributed by atoms with Gasteiger partial charge in [-0.2, -0.15) is 0 Å². The molecule has 5 heteroatoms. The fraction of sp³-hybridized carbons (Fsp3) is 0.588. The van der Waals surface area contributed by atoms with E-state index in [-0.39, 0.29) is 18.1 Å². The summed E-state index contributed by atoms with van der Waals surface area (Å²) in [7, 11) is 0. The molecule has 1 aromatic rings. The number of ether oxygens (including phenoxy) is 1. The maximum atomic E-state index is 12.2. The Morgan fingerprint density at radius 2 is 2.05 bits per heavy atom. The maximum Gasteiger partial charge on any atom is 0.234 e. The molecule has 1 saturated carbocycles. The Bertz CT molecular complexity index is 496. The number of carbonyl (C=O) groups excluding carboxylic acids is 1. The van der Waals surface area contributed by atoms with Gasteiger partial charge in [0.1, 0.15) is 0 Å². The van der Waals surface area contributed by atoms with Gasteiger partial charge in [0.05, 0.1) is 18.7 Å². The van der Waals surface area contributed by atoms with Crippen LogP contribution in [-0.4, -0.2) is 31.7 Å². The normalized spacial score (nSPS) is 22.5. The lowest BCUT2D eigenvalue weighted by molar-refractivity contribution is -0.121. The molecular weight excluding hydrogens is 300 g/mol. The van der Waals surface area contributed by atoms with Crippen LogP contribution in [-0.2, 0) is 9.53 Å². The molecule has 1 amide bonds. The first kappa shape index (κ1) is 15.8. The Hall–Kier alpha value is -1.10. The van der Waals surface area contributed by atoms with E-state index in [0.717, 1.165) is 36.6 Å². The second-order valence-corrected chi connectivity index (χ2v) is 6.64. The molecule has 1 aromatic carbocycles. The fourth-order valence-corrected chi connectivity index (χ4v) is 3.08. The van der Waals surface area contributed by atoms with Crippen LogP contribution >= 0.6 is 11.6 Å². The number of hydrogen-bond donors (Lipinski definition) is 2. The first-order valence-corrected chi connectivity index (χ1v) is 8.47.